The van der Waals surface area contributed by atoms with Crippen molar-refractivity contribution in [2.75, 3.05) is 19.4 Å². The summed E-state index contributed by atoms with van der Waals surface area (Å²) in [5, 5.41) is 12.8. The molecule has 0 heterocycles. The summed E-state index contributed by atoms with van der Waals surface area (Å²) in [5.74, 6) is -0.880. The maximum absolute atomic E-state index is 13.2. The number of phenolic OH excluding ortho intramolecular Hbond substituents is 1. The Hall–Kier alpha value is -2.07. The van der Waals surface area contributed by atoms with Gasteiger partial charge < -0.3 is 15.3 Å². The molecule has 0 bridgehead atoms. The van der Waals surface area contributed by atoms with Crippen molar-refractivity contribution in [2.24, 2.45) is 0 Å². The first-order valence-corrected chi connectivity index (χ1v) is 6.50. The average Bonchev–Trinajstić information content (AvgIpc) is 2.41. The van der Waals surface area contributed by atoms with E-state index in [4.69, 9.17) is 0 Å². The third-order valence-corrected chi connectivity index (χ3v) is 3.01. The Bertz CT molecular complexity index is 567. The van der Waals surface area contributed by atoms with Crippen LogP contribution >= 0.6 is 0 Å². The van der Waals surface area contributed by atoms with Gasteiger partial charge in [-0.15, -0.1) is 0 Å². The summed E-state index contributed by atoms with van der Waals surface area (Å²) in [6.07, 6.45) is 0. The molecule has 0 atom stereocenters. The van der Waals surface area contributed by atoms with E-state index >= 15 is 0 Å². The molecule has 0 radical (unpaired) electrons. The van der Waals surface area contributed by atoms with Crippen molar-refractivity contribution in [3.8, 4) is 5.75 Å². The molecular formula is C16H19FN2O. The van der Waals surface area contributed by atoms with Crippen LogP contribution in [0.15, 0.2) is 42.5 Å². The summed E-state index contributed by atoms with van der Waals surface area (Å²) in [5.41, 5.74) is 2.72. The number of rotatable bonds is 5. The van der Waals surface area contributed by atoms with E-state index in [9.17, 15) is 9.50 Å². The smallest absolute Gasteiger partial charge is 0.165 e. The Morgan fingerprint density at radius 1 is 1.10 bits per heavy atom. The van der Waals surface area contributed by atoms with Gasteiger partial charge in [0.25, 0.3) is 0 Å². The van der Waals surface area contributed by atoms with Crippen LogP contribution in [0.25, 0.3) is 0 Å². The Kier molecular flexibility index (Phi) is 4.58. The lowest BCUT2D eigenvalue weighted by Gasteiger charge is -2.11. The van der Waals surface area contributed by atoms with Gasteiger partial charge in [-0.05, 0) is 37.9 Å². The minimum Gasteiger partial charge on any atom is -0.505 e. The van der Waals surface area contributed by atoms with E-state index in [1.54, 1.807) is 12.1 Å². The van der Waals surface area contributed by atoms with Gasteiger partial charge in [0.2, 0.25) is 0 Å². The molecule has 0 aliphatic heterocycles. The topological polar surface area (TPSA) is 35.5 Å². The van der Waals surface area contributed by atoms with Crippen LogP contribution in [0.2, 0.25) is 0 Å². The van der Waals surface area contributed by atoms with Crippen molar-refractivity contribution in [1.29, 1.82) is 0 Å². The van der Waals surface area contributed by atoms with Crippen LogP contribution in [-0.4, -0.2) is 24.1 Å². The lowest BCUT2D eigenvalue weighted by Crippen LogP contribution is -2.10. The fourth-order valence-electron chi connectivity index (χ4n) is 1.99. The average molecular weight is 274 g/mol. The summed E-state index contributed by atoms with van der Waals surface area (Å²) >= 11 is 0. The van der Waals surface area contributed by atoms with E-state index in [0.717, 1.165) is 12.2 Å². The molecule has 20 heavy (non-hydrogen) atoms. The van der Waals surface area contributed by atoms with E-state index < -0.39 is 5.82 Å². The first kappa shape index (κ1) is 14.3. The number of benzene rings is 2. The standard InChI is InChI=1S/C16H19FN2O/c1-19(2)11-12-6-8-14(9-7-12)18-10-13-4-3-5-15(17)16(13)20/h3-9,18,20H,10-11H2,1-2H3. The number of para-hydroxylation sites is 1. The van der Waals surface area contributed by atoms with Crippen molar-refractivity contribution in [3.63, 3.8) is 0 Å². The second-order valence-corrected chi connectivity index (χ2v) is 5.04. The monoisotopic (exact) mass is 274 g/mol. The molecule has 0 fully saturated rings. The maximum atomic E-state index is 13.2. The van der Waals surface area contributed by atoms with Crippen LogP contribution in [0.3, 0.4) is 0 Å². The molecule has 0 aromatic heterocycles. The Labute approximate surface area is 118 Å². The molecule has 2 N–H and O–H groups in total. The zero-order valence-corrected chi connectivity index (χ0v) is 11.7. The second kappa shape index (κ2) is 6.39. The minimum atomic E-state index is -0.592. The van der Waals surface area contributed by atoms with E-state index in [-0.39, 0.29) is 5.75 Å². The molecule has 0 saturated heterocycles. The number of nitrogens with zero attached hydrogens (tertiary/aromatic N) is 1. The van der Waals surface area contributed by atoms with Gasteiger partial charge in [0.1, 0.15) is 0 Å². The van der Waals surface area contributed by atoms with Crippen LogP contribution in [-0.2, 0) is 13.1 Å². The quantitative estimate of drug-likeness (QED) is 0.879. The molecule has 2 aromatic carbocycles. The molecule has 0 aliphatic rings. The zero-order valence-electron chi connectivity index (χ0n) is 11.7. The summed E-state index contributed by atoms with van der Waals surface area (Å²) < 4.78 is 13.2. The number of halogens is 1. The molecule has 106 valence electrons. The van der Waals surface area contributed by atoms with Gasteiger partial charge >= 0.3 is 0 Å². The minimum absolute atomic E-state index is 0.288. The third-order valence-electron chi connectivity index (χ3n) is 3.01. The molecule has 0 spiro atoms. The SMILES string of the molecule is CN(C)Cc1ccc(NCc2cccc(F)c2O)cc1. The van der Waals surface area contributed by atoms with Crippen LogP contribution in [0, 0.1) is 5.82 Å². The molecule has 3 nitrogen and oxygen atoms in total. The van der Waals surface area contributed by atoms with Gasteiger partial charge in [0, 0.05) is 24.3 Å². The Morgan fingerprint density at radius 2 is 1.80 bits per heavy atom. The number of hydrogen-bond donors (Lipinski definition) is 2. The predicted molar refractivity (Wildman–Crippen MR) is 79.2 cm³/mol. The fourth-order valence-corrected chi connectivity index (χ4v) is 1.99. The first-order valence-electron chi connectivity index (χ1n) is 6.50. The van der Waals surface area contributed by atoms with E-state index in [0.29, 0.717) is 12.1 Å². The molecule has 0 unspecified atom stereocenters. The predicted octanol–water partition coefficient (Wildman–Crippen LogP) is 3.21. The highest BCUT2D eigenvalue weighted by Gasteiger charge is 2.05. The molecule has 2 aromatic rings. The van der Waals surface area contributed by atoms with Gasteiger partial charge in [0.15, 0.2) is 11.6 Å². The van der Waals surface area contributed by atoms with Crippen molar-refractivity contribution in [1.82, 2.24) is 4.90 Å². The van der Waals surface area contributed by atoms with Gasteiger partial charge in [-0.3, -0.25) is 0 Å². The van der Waals surface area contributed by atoms with Crippen LogP contribution in [0.5, 0.6) is 5.75 Å². The molecule has 4 heteroatoms. The molecule has 0 saturated carbocycles. The van der Waals surface area contributed by atoms with Crippen molar-refractivity contribution in [3.05, 3.63) is 59.4 Å². The molecular weight excluding hydrogens is 255 g/mol. The van der Waals surface area contributed by atoms with Crippen molar-refractivity contribution in [2.45, 2.75) is 13.1 Å². The highest BCUT2D eigenvalue weighted by atomic mass is 19.1. The van der Waals surface area contributed by atoms with Crippen LogP contribution < -0.4 is 5.32 Å². The first-order chi connectivity index (χ1) is 9.56. The summed E-state index contributed by atoms with van der Waals surface area (Å²) in [7, 11) is 4.05. The molecule has 2 rings (SSSR count). The lowest BCUT2D eigenvalue weighted by atomic mass is 10.1. The number of aromatic hydroxyl groups is 1. The summed E-state index contributed by atoms with van der Waals surface area (Å²) in [4.78, 5) is 2.10. The molecule has 0 aliphatic carbocycles. The number of nitrogens with one attached hydrogen (secondary N) is 1. The summed E-state index contributed by atoms with van der Waals surface area (Å²) in [6, 6.07) is 12.6. The second-order valence-electron chi connectivity index (χ2n) is 5.04. The number of phenols is 1. The van der Waals surface area contributed by atoms with Gasteiger partial charge in [0.05, 0.1) is 0 Å². The summed E-state index contributed by atoms with van der Waals surface area (Å²) in [6.45, 7) is 1.28. The fraction of sp³-hybridized carbons (Fsp3) is 0.250. The Morgan fingerprint density at radius 3 is 2.45 bits per heavy atom. The lowest BCUT2D eigenvalue weighted by molar-refractivity contribution is 0.402. The normalized spacial score (nSPS) is 10.8. The maximum Gasteiger partial charge on any atom is 0.165 e. The van der Waals surface area contributed by atoms with Gasteiger partial charge in [-0.2, -0.15) is 0 Å². The van der Waals surface area contributed by atoms with Crippen LogP contribution in [0.4, 0.5) is 10.1 Å². The van der Waals surface area contributed by atoms with Gasteiger partial charge in [-0.1, -0.05) is 24.3 Å². The van der Waals surface area contributed by atoms with E-state index in [2.05, 4.69) is 10.2 Å². The highest BCUT2D eigenvalue weighted by Crippen LogP contribution is 2.22. The van der Waals surface area contributed by atoms with Crippen molar-refractivity contribution >= 4 is 5.69 Å². The third kappa shape index (κ3) is 3.71. The highest BCUT2D eigenvalue weighted by molar-refractivity contribution is 5.46. The van der Waals surface area contributed by atoms with E-state index in [1.165, 1.54) is 11.6 Å². The van der Waals surface area contributed by atoms with Gasteiger partial charge in [-0.25, -0.2) is 4.39 Å². The number of anilines is 1. The Balaban J connectivity index is 1.99. The van der Waals surface area contributed by atoms with Crippen molar-refractivity contribution < 1.29 is 9.50 Å². The largest absolute Gasteiger partial charge is 0.505 e. The van der Waals surface area contributed by atoms with E-state index in [1.807, 2.05) is 38.4 Å². The number of hydrogen-bond acceptors (Lipinski definition) is 3. The van der Waals surface area contributed by atoms with Crippen LogP contribution in [0.1, 0.15) is 11.1 Å². The molecule has 0 amide bonds. The zero-order chi connectivity index (χ0) is 14.5.